The summed E-state index contributed by atoms with van der Waals surface area (Å²) in [6.07, 6.45) is 3.96. The number of nitrogens with one attached hydrogen (secondary N) is 2. The first-order chi connectivity index (χ1) is 12.3. The lowest BCUT2D eigenvalue weighted by Crippen LogP contribution is -2.48. The van der Waals surface area contributed by atoms with Crippen LogP contribution in [0.5, 0.6) is 0 Å². The molecule has 138 valence electrons. The number of urea groups is 1. The molecule has 1 aromatic carbocycles. The van der Waals surface area contributed by atoms with Crippen LogP contribution in [-0.2, 0) is 22.7 Å². The molecule has 6 nitrogen and oxygen atoms in total. The Bertz CT molecular complexity index is 867. The molecule has 7 heteroatoms. The molecule has 1 aromatic heterocycles. The standard InChI is InChI=1S/C19H23N3O3S/c1-19(11-13-26(24,25)14-19)22-18(23)21-17-9-6-15(7-10-17)5-8-16-4-2-3-12-20-16/h2-4,6-7,9-10,12H,5,8,11,13-14H2,1H3,(H2,21,22,23)/t19-/m0/s1. The van der Waals surface area contributed by atoms with Gasteiger partial charge in [0.1, 0.15) is 0 Å². The van der Waals surface area contributed by atoms with Crippen molar-refractivity contribution in [2.45, 2.75) is 31.7 Å². The van der Waals surface area contributed by atoms with Crippen molar-refractivity contribution in [2.75, 3.05) is 16.8 Å². The van der Waals surface area contributed by atoms with Crippen LogP contribution in [0.15, 0.2) is 48.7 Å². The normalized spacial score (nSPS) is 21.3. The molecule has 3 rings (SSSR count). The minimum atomic E-state index is -3.05. The van der Waals surface area contributed by atoms with Crippen molar-refractivity contribution in [1.29, 1.82) is 0 Å². The van der Waals surface area contributed by atoms with Crippen LogP contribution < -0.4 is 10.6 Å². The van der Waals surface area contributed by atoms with Gasteiger partial charge in [-0.3, -0.25) is 4.98 Å². The Morgan fingerprint density at radius 1 is 1.15 bits per heavy atom. The zero-order valence-corrected chi connectivity index (χ0v) is 15.6. The van der Waals surface area contributed by atoms with Crippen molar-refractivity contribution in [2.24, 2.45) is 0 Å². The fraction of sp³-hybridized carbons (Fsp3) is 0.368. The summed E-state index contributed by atoms with van der Waals surface area (Å²) in [5.41, 5.74) is 2.18. The van der Waals surface area contributed by atoms with E-state index in [1.807, 2.05) is 42.5 Å². The minimum Gasteiger partial charge on any atom is -0.332 e. The maximum atomic E-state index is 12.2. The average molecular weight is 373 g/mol. The summed E-state index contributed by atoms with van der Waals surface area (Å²) in [6.45, 7) is 1.76. The van der Waals surface area contributed by atoms with Crippen molar-refractivity contribution in [3.63, 3.8) is 0 Å². The molecule has 2 amide bonds. The van der Waals surface area contributed by atoms with Crippen LogP contribution in [0.4, 0.5) is 10.5 Å². The molecule has 0 spiro atoms. The Labute approximate surface area is 154 Å². The largest absolute Gasteiger partial charge is 0.332 e. The van der Waals surface area contributed by atoms with Gasteiger partial charge in [0.15, 0.2) is 9.84 Å². The van der Waals surface area contributed by atoms with E-state index >= 15 is 0 Å². The van der Waals surface area contributed by atoms with E-state index in [2.05, 4.69) is 15.6 Å². The highest BCUT2D eigenvalue weighted by Gasteiger charge is 2.39. The molecule has 0 aliphatic carbocycles. The van der Waals surface area contributed by atoms with Crippen LogP contribution in [0.3, 0.4) is 0 Å². The molecule has 1 aliphatic rings. The highest BCUT2D eigenvalue weighted by molar-refractivity contribution is 7.91. The summed E-state index contributed by atoms with van der Waals surface area (Å²) in [5.74, 6) is 0.106. The zero-order chi connectivity index (χ0) is 18.6. The molecule has 0 radical (unpaired) electrons. The quantitative estimate of drug-likeness (QED) is 0.843. The first kappa shape index (κ1) is 18.4. The Morgan fingerprint density at radius 2 is 1.92 bits per heavy atom. The second-order valence-corrected chi connectivity index (χ2v) is 9.18. The second kappa shape index (κ2) is 7.45. The van der Waals surface area contributed by atoms with Crippen molar-refractivity contribution >= 4 is 21.6 Å². The number of hydrogen-bond donors (Lipinski definition) is 2. The van der Waals surface area contributed by atoms with Gasteiger partial charge in [0.2, 0.25) is 0 Å². The third-order valence-electron chi connectivity index (χ3n) is 4.53. The van der Waals surface area contributed by atoms with E-state index in [-0.39, 0.29) is 17.5 Å². The number of sulfone groups is 1. The fourth-order valence-electron chi connectivity index (χ4n) is 3.12. The van der Waals surface area contributed by atoms with Gasteiger partial charge in [0.25, 0.3) is 0 Å². The van der Waals surface area contributed by atoms with Crippen LogP contribution in [0.2, 0.25) is 0 Å². The number of benzene rings is 1. The summed E-state index contributed by atoms with van der Waals surface area (Å²) in [5, 5.41) is 5.55. The molecule has 2 N–H and O–H groups in total. The van der Waals surface area contributed by atoms with Crippen LogP contribution >= 0.6 is 0 Å². The molecule has 0 bridgehead atoms. The number of anilines is 1. The zero-order valence-electron chi connectivity index (χ0n) is 14.7. The highest BCUT2D eigenvalue weighted by atomic mass is 32.2. The van der Waals surface area contributed by atoms with Crippen LogP contribution in [-0.4, -0.2) is 36.5 Å². The Hall–Kier alpha value is -2.41. The van der Waals surface area contributed by atoms with E-state index < -0.39 is 15.4 Å². The predicted octanol–water partition coefficient (Wildman–Crippen LogP) is 2.57. The van der Waals surface area contributed by atoms with Gasteiger partial charge in [-0.2, -0.15) is 0 Å². The van der Waals surface area contributed by atoms with Crippen molar-refractivity contribution < 1.29 is 13.2 Å². The lowest BCUT2D eigenvalue weighted by Gasteiger charge is -2.24. The molecule has 1 atom stereocenters. The van der Waals surface area contributed by atoms with Gasteiger partial charge in [-0.1, -0.05) is 18.2 Å². The van der Waals surface area contributed by atoms with E-state index in [1.165, 1.54) is 0 Å². The molecule has 1 fully saturated rings. The first-order valence-electron chi connectivity index (χ1n) is 8.62. The average Bonchev–Trinajstić information content (AvgIpc) is 2.88. The number of hydrogen-bond acceptors (Lipinski definition) is 4. The second-order valence-electron chi connectivity index (χ2n) is 7.00. The van der Waals surface area contributed by atoms with Crippen LogP contribution in [0.1, 0.15) is 24.6 Å². The van der Waals surface area contributed by atoms with Gasteiger partial charge >= 0.3 is 6.03 Å². The topological polar surface area (TPSA) is 88.2 Å². The van der Waals surface area contributed by atoms with Crippen molar-refractivity contribution in [3.8, 4) is 0 Å². The number of aromatic nitrogens is 1. The van der Waals surface area contributed by atoms with Gasteiger partial charge in [0.05, 0.1) is 17.0 Å². The number of carbonyl (C=O) groups is 1. The maximum absolute atomic E-state index is 12.2. The predicted molar refractivity (Wildman–Crippen MR) is 102 cm³/mol. The van der Waals surface area contributed by atoms with Crippen LogP contribution in [0.25, 0.3) is 0 Å². The van der Waals surface area contributed by atoms with Gasteiger partial charge in [0, 0.05) is 17.6 Å². The number of rotatable bonds is 5. The third kappa shape index (κ3) is 5.05. The number of nitrogens with zero attached hydrogens (tertiary/aromatic N) is 1. The van der Waals surface area contributed by atoms with Crippen molar-refractivity contribution in [3.05, 3.63) is 59.9 Å². The van der Waals surface area contributed by atoms with E-state index in [0.717, 1.165) is 24.1 Å². The summed E-state index contributed by atoms with van der Waals surface area (Å²) in [7, 11) is -3.05. The first-order valence-corrected chi connectivity index (χ1v) is 10.4. The molecule has 2 aromatic rings. The molecule has 0 unspecified atom stereocenters. The monoisotopic (exact) mass is 373 g/mol. The van der Waals surface area contributed by atoms with Crippen LogP contribution in [0, 0.1) is 0 Å². The highest BCUT2D eigenvalue weighted by Crippen LogP contribution is 2.23. The number of carbonyl (C=O) groups excluding carboxylic acids is 1. The molecular formula is C19H23N3O3S. The van der Waals surface area contributed by atoms with E-state index in [0.29, 0.717) is 12.1 Å². The molecule has 26 heavy (non-hydrogen) atoms. The van der Waals surface area contributed by atoms with Gasteiger partial charge in [-0.05, 0) is 56.0 Å². The number of aryl methyl sites for hydroxylation is 2. The smallest absolute Gasteiger partial charge is 0.319 e. The summed E-state index contributed by atoms with van der Waals surface area (Å²) < 4.78 is 23.2. The summed E-state index contributed by atoms with van der Waals surface area (Å²) >= 11 is 0. The molecular weight excluding hydrogens is 350 g/mol. The summed E-state index contributed by atoms with van der Waals surface area (Å²) in [4.78, 5) is 16.5. The summed E-state index contributed by atoms with van der Waals surface area (Å²) in [6, 6.07) is 13.1. The number of amides is 2. The SMILES string of the molecule is C[C@]1(NC(=O)Nc2ccc(CCc3ccccn3)cc2)CCS(=O)(=O)C1. The van der Waals surface area contributed by atoms with E-state index in [9.17, 15) is 13.2 Å². The van der Waals surface area contributed by atoms with E-state index in [4.69, 9.17) is 0 Å². The fourth-order valence-corrected chi connectivity index (χ4v) is 5.21. The van der Waals surface area contributed by atoms with Gasteiger partial charge < -0.3 is 10.6 Å². The third-order valence-corrected chi connectivity index (χ3v) is 6.43. The Morgan fingerprint density at radius 3 is 2.54 bits per heavy atom. The van der Waals surface area contributed by atoms with Gasteiger partial charge in [-0.25, -0.2) is 13.2 Å². The Balaban J connectivity index is 1.51. The molecule has 1 saturated heterocycles. The van der Waals surface area contributed by atoms with Crippen molar-refractivity contribution in [1.82, 2.24) is 10.3 Å². The van der Waals surface area contributed by atoms with E-state index in [1.54, 1.807) is 13.1 Å². The molecule has 0 saturated carbocycles. The lowest BCUT2D eigenvalue weighted by molar-refractivity contribution is 0.242. The maximum Gasteiger partial charge on any atom is 0.319 e. The Kier molecular flexibility index (Phi) is 5.27. The van der Waals surface area contributed by atoms with Gasteiger partial charge in [-0.15, -0.1) is 0 Å². The molecule has 1 aliphatic heterocycles. The molecule has 2 heterocycles. The minimum absolute atomic E-state index is 0.0140. The lowest BCUT2D eigenvalue weighted by atomic mass is 10.0. The number of pyridine rings is 1.